The van der Waals surface area contributed by atoms with Gasteiger partial charge in [-0.2, -0.15) is 0 Å². The molecule has 3 nitrogen and oxygen atoms in total. The highest BCUT2D eigenvalue weighted by Crippen LogP contribution is 2.51. The van der Waals surface area contributed by atoms with Crippen LogP contribution in [0.5, 0.6) is 0 Å². The summed E-state index contributed by atoms with van der Waals surface area (Å²) in [5.74, 6) is 1.16. The number of hydrogen-bond donors (Lipinski definition) is 1. The topological polar surface area (TPSA) is 42.0 Å². The van der Waals surface area contributed by atoms with Crippen molar-refractivity contribution in [1.29, 1.82) is 0 Å². The molecule has 1 atom stereocenters. The van der Waals surface area contributed by atoms with Gasteiger partial charge in [0.2, 0.25) is 0 Å². The van der Waals surface area contributed by atoms with Crippen molar-refractivity contribution < 1.29 is 4.79 Å². The SMILES string of the molecule is CCCCC1=C(C(=O)CC)[C@](CC)(c2ccccc2)c2scnc2N1. The maximum absolute atomic E-state index is 13.1. The van der Waals surface area contributed by atoms with Crippen molar-refractivity contribution in [2.45, 2.75) is 58.3 Å². The van der Waals surface area contributed by atoms with Gasteiger partial charge in [0.15, 0.2) is 5.78 Å². The number of fused-ring (bicyclic) bond motifs is 1. The molecule has 2 aromatic rings. The van der Waals surface area contributed by atoms with Crippen LogP contribution in [0.3, 0.4) is 0 Å². The summed E-state index contributed by atoms with van der Waals surface area (Å²) < 4.78 is 0. The van der Waals surface area contributed by atoms with Gasteiger partial charge in [-0.3, -0.25) is 4.79 Å². The van der Waals surface area contributed by atoms with Crippen LogP contribution < -0.4 is 5.32 Å². The van der Waals surface area contributed by atoms with Crippen LogP contribution in [0.2, 0.25) is 0 Å². The Morgan fingerprint density at radius 1 is 1.20 bits per heavy atom. The van der Waals surface area contributed by atoms with E-state index in [1.807, 2.05) is 18.5 Å². The highest BCUT2D eigenvalue weighted by Gasteiger charge is 2.46. The van der Waals surface area contributed by atoms with Crippen LogP contribution in [0.4, 0.5) is 5.82 Å². The van der Waals surface area contributed by atoms with E-state index in [1.54, 1.807) is 11.3 Å². The molecule has 0 bridgehead atoms. The monoisotopic (exact) mass is 354 g/mol. The third-order valence-electron chi connectivity index (χ3n) is 5.13. The number of nitrogens with zero attached hydrogens (tertiary/aromatic N) is 1. The smallest absolute Gasteiger partial charge is 0.161 e. The van der Waals surface area contributed by atoms with Gasteiger partial charge in [-0.15, -0.1) is 11.3 Å². The van der Waals surface area contributed by atoms with Gasteiger partial charge in [0, 0.05) is 17.7 Å². The first-order valence-corrected chi connectivity index (χ1v) is 10.1. The molecule has 2 heterocycles. The standard InChI is InChI=1S/C21H26N2OS/c1-4-7-13-16-18(17(24)5-2)21(6-3,15-11-9-8-10-12-15)19-20(23-16)22-14-25-19/h8-12,14,23H,4-7,13H2,1-3H3/t21-/m0/s1. The van der Waals surface area contributed by atoms with Crippen molar-refractivity contribution in [1.82, 2.24) is 4.98 Å². The fourth-order valence-electron chi connectivity index (χ4n) is 3.88. The third kappa shape index (κ3) is 2.93. The predicted octanol–water partition coefficient (Wildman–Crippen LogP) is 5.69. The van der Waals surface area contributed by atoms with Crippen LogP contribution in [-0.2, 0) is 10.2 Å². The van der Waals surface area contributed by atoms with Gasteiger partial charge in [0.05, 0.1) is 15.8 Å². The van der Waals surface area contributed by atoms with E-state index < -0.39 is 0 Å². The van der Waals surface area contributed by atoms with Crippen LogP contribution in [0.25, 0.3) is 0 Å². The van der Waals surface area contributed by atoms with Crippen molar-refractivity contribution in [3.8, 4) is 0 Å². The lowest BCUT2D eigenvalue weighted by atomic mass is 9.67. The number of hydrogen-bond acceptors (Lipinski definition) is 4. The summed E-state index contributed by atoms with van der Waals surface area (Å²) >= 11 is 1.65. The van der Waals surface area contributed by atoms with Gasteiger partial charge >= 0.3 is 0 Å². The lowest BCUT2D eigenvalue weighted by Gasteiger charge is -2.40. The Kier molecular flexibility index (Phi) is 5.38. The molecular weight excluding hydrogens is 328 g/mol. The molecule has 0 amide bonds. The van der Waals surface area contributed by atoms with Crippen LogP contribution in [0.15, 0.2) is 47.1 Å². The quantitative estimate of drug-likeness (QED) is 0.694. The highest BCUT2D eigenvalue weighted by molar-refractivity contribution is 7.10. The fourth-order valence-corrected chi connectivity index (χ4v) is 4.92. The maximum Gasteiger partial charge on any atom is 0.161 e. The molecule has 0 saturated heterocycles. The van der Waals surface area contributed by atoms with Crippen molar-refractivity contribution in [2.24, 2.45) is 0 Å². The molecule has 1 aliphatic heterocycles. The highest BCUT2D eigenvalue weighted by atomic mass is 32.1. The first-order valence-electron chi connectivity index (χ1n) is 9.22. The molecule has 0 spiro atoms. The average Bonchev–Trinajstić information content (AvgIpc) is 3.13. The summed E-state index contributed by atoms with van der Waals surface area (Å²) in [4.78, 5) is 18.8. The van der Waals surface area contributed by atoms with Gasteiger partial charge in [0.25, 0.3) is 0 Å². The molecule has 0 aliphatic carbocycles. The Labute approximate surface area is 154 Å². The Hall–Kier alpha value is -1.94. The van der Waals surface area contributed by atoms with Crippen LogP contribution in [-0.4, -0.2) is 10.8 Å². The lowest BCUT2D eigenvalue weighted by molar-refractivity contribution is -0.115. The van der Waals surface area contributed by atoms with Crippen molar-refractivity contribution in [3.63, 3.8) is 0 Å². The number of ketones is 1. The lowest BCUT2D eigenvalue weighted by Crippen LogP contribution is -2.38. The number of benzene rings is 1. The molecule has 0 unspecified atom stereocenters. The van der Waals surface area contributed by atoms with Gasteiger partial charge in [-0.05, 0) is 24.8 Å². The number of unbranched alkanes of at least 4 members (excludes halogenated alkanes) is 1. The van der Waals surface area contributed by atoms with E-state index in [9.17, 15) is 4.79 Å². The van der Waals surface area contributed by atoms with Gasteiger partial charge in [-0.25, -0.2) is 4.98 Å². The van der Waals surface area contributed by atoms with E-state index in [4.69, 9.17) is 0 Å². The van der Waals surface area contributed by atoms with Crippen molar-refractivity contribution in [3.05, 3.63) is 57.6 Å². The minimum absolute atomic E-state index is 0.239. The van der Waals surface area contributed by atoms with E-state index in [1.165, 1.54) is 10.4 Å². The second kappa shape index (κ2) is 7.52. The first kappa shape index (κ1) is 17.9. The molecule has 0 radical (unpaired) electrons. The molecule has 0 saturated carbocycles. The molecule has 1 aliphatic rings. The average molecular weight is 355 g/mol. The Bertz CT molecular complexity index is 778. The maximum atomic E-state index is 13.1. The number of allylic oxidation sites excluding steroid dienone is 2. The third-order valence-corrected chi connectivity index (χ3v) is 6.12. The van der Waals surface area contributed by atoms with Crippen LogP contribution in [0.1, 0.15) is 63.3 Å². The second-order valence-corrected chi connectivity index (χ2v) is 7.37. The van der Waals surface area contributed by atoms with E-state index in [-0.39, 0.29) is 11.2 Å². The number of aromatic nitrogens is 1. The molecule has 1 aromatic heterocycles. The summed E-state index contributed by atoms with van der Waals surface area (Å²) in [6.45, 7) is 6.33. The zero-order chi connectivity index (χ0) is 17.9. The first-order chi connectivity index (χ1) is 12.2. The summed E-state index contributed by atoms with van der Waals surface area (Å²) in [6.07, 6.45) is 4.44. The van der Waals surface area contributed by atoms with E-state index in [0.29, 0.717) is 6.42 Å². The van der Waals surface area contributed by atoms with Gasteiger partial charge in [-0.1, -0.05) is 57.5 Å². The normalized spacial score (nSPS) is 19.5. The van der Waals surface area contributed by atoms with Crippen molar-refractivity contribution in [2.75, 3.05) is 5.32 Å². The summed E-state index contributed by atoms with van der Waals surface area (Å²) in [7, 11) is 0. The molecule has 25 heavy (non-hydrogen) atoms. The number of nitrogens with one attached hydrogen (secondary N) is 1. The summed E-state index contributed by atoms with van der Waals surface area (Å²) in [5.41, 5.74) is 4.71. The number of rotatable bonds is 7. The molecule has 1 N–H and O–H groups in total. The van der Waals surface area contributed by atoms with Crippen LogP contribution in [0, 0.1) is 0 Å². The summed E-state index contributed by atoms with van der Waals surface area (Å²) in [5, 5.41) is 3.49. The van der Waals surface area contributed by atoms with Crippen molar-refractivity contribution >= 4 is 22.9 Å². The number of anilines is 1. The molecule has 132 valence electrons. The zero-order valence-corrected chi connectivity index (χ0v) is 16.1. The van der Waals surface area contributed by atoms with E-state index in [0.717, 1.165) is 42.8 Å². The molecular formula is C21H26N2OS. The Balaban J connectivity index is 2.30. The Morgan fingerprint density at radius 3 is 2.60 bits per heavy atom. The molecule has 3 rings (SSSR count). The molecule has 1 aromatic carbocycles. The minimum atomic E-state index is -0.390. The zero-order valence-electron chi connectivity index (χ0n) is 15.3. The Morgan fingerprint density at radius 2 is 1.96 bits per heavy atom. The number of carbonyl (C=O) groups excluding carboxylic acids is 1. The largest absolute Gasteiger partial charge is 0.342 e. The van der Waals surface area contributed by atoms with Gasteiger partial charge < -0.3 is 5.32 Å². The number of carbonyl (C=O) groups is 1. The fraction of sp³-hybridized carbons (Fsp3) is 0.429. The molecule has 4 heteroatoms. The minimum Gasteiger partial charge on any atom is -0.342 e. The van der Waals surface area contributed by atoms with Gasteiger partial charge in [0.1, 0.15) is 5.82 Å². The van der Waals surface area contributed by atoms with E-state index in [2.05, 4.69) is 48.4 Å². The molecule has 0 fully saturated rings. The number of Topliss-reactive ketones (excluding diaryl/α,β-unsaturated/α-hetero) is 1. The predicted molar refractivity (Wildman–Crippen MR) is 105 cm³/mol. The second-order valence-electron chi connectivity index (χ2n) is 6.51. The van der Waals surface area contributed by atoms with Crippen LogP contribution >= 0.6 is 11.3 Å². The number of thiazole rings is 1. The van der Waals surface area contributed by atoms with E-state index >= 15 is 0 Å². The summed E-state index contributed by atoms with van der Waals surface area (Å²) in [6, 6.07) is 10.5.